The van der Waals surface area contributed by atoms with Crippen LogP contribution < -0.4 is 0 Å². The topological polar surface area (TPSA) is 46.5 Å². The van der Waals surface area contributed by atoms with Crippen molar-refractivity contribution in [3.63, 3.8) is 0 Å². The Morgan fingerprint density at radius 1 is 1.50 bits per heavy atom. The van der Waals surface area contributed by atoms with Gasteiger partial charge in [0.05, 0.1) is 12.0 Å². The van der Waals surface area contributed by atoms with E-state index in [2.05, 4.69) is 0 Å². The van der Waals surface area contributed by atoms with Crippen LogP contribution in [-0.4, -0.2) is 23.3 Å². The van der Waals surface area contributed by atoms with Crippen LogP contribution in [0.25, 0.3) is 0 Å². The van der Waals surface area contributed by atoms with E-state index in [0.717, 1.165) is 6.42 Å². The van der Waals surface area contributed by atoms with Gasteiger partial charge in [0.2, 0.25) is 0 Å². The predicted octanol–water partition coefficient (Wildman–Crippen LogP) is 0.955. The normalized spacial score (nSPS) is 42.5. The van der Waals surface area contributed by atoms with Crippen molar-refractivity contribution in [3.05, 3.63) is 0 Å². The second-order valence-electron chi connectivity index (χ2n) is 3.52. The van der Waals surface area contributed by atoms with Crippen LogP contribution in [0.5, 0.6) is 0 Å². The van der Waals surface area contributed by atoms with Gasteiger partial charge in [-0.05, 0) is 13.3 Å². The van der Waals surface area contributed by atoms with Gasteiger partial charge in [-0.15, -0.1) is 0 Å². The maximum absolute atomic E-state index is 11.1. The van der Waals surface area contributed by atoms with E-state index in [1.165, 1.54) is 0 Å². The fourth-order valence-electron chi connectivity index (χ4n) is 1.63. The number of hydrogen-bond donors (Lipinski definition) is 1. The minimum absolute atomic E-state index is 0.0581. The van der Waals surface area contributed by atoms with Gasteiger partial charge in [-0.25, -0.2) is 0 Å². The van der Waals surface area contributed by atoms with Crippen LogP contribution in [0.15, 0.2) is 0 Å². The van der Waals surface area contributed by atoms with Gasteiger partial charge in [0.25, 0.3) is 0 Å². The van der Waals surface area contributed by atoms with Crippen molar-refractivity contribution in [2.45, 2.75) is 39.4 Å². The van der Waals surface area contributed by atoms with Crippen LogP contribution in [0, 0.1) is 11.8 Å². The molecule has 0 amide bonds. The van der Waals surface area contributed by atoms with Crippen molar-refractivity contribution in [2.75, 3.05) is 0 Å². The summed E-state index contributed by atoms with van der Waals surface area (Å²) in [5.74, 6) is -0.585. The van der Waals surface area contributed by atoms with Crippen molar-refractivity contribution in [2.24, 2.45) is 11.8 Å². The molecule has 1 rings (SSSR count). The third kappa shape index (κ3) is 1.46. The lowest BCUT2D eigenvalue weighted by Crippen LogP contribution is -2.46. The van der Waals surface area contributed by atoms with Gasteiger partial charge >= 0.3 is 5.97 Å². The molecular weight excluding hydrogens is 156 g/mol. The maximum Gasteiger partial charge on any atom is 0.311 e. The van der Waals surface area contributed by atoms with E-state index in [1.807, 2.05) is 13.8 Å². The second kappa shape index (κ2) is 3.44. The molecule has 0 radical (unpaired) electrons. The fraction of sp³-hybridized carbons (Fsp3) is 0.889. The Labute approximate surface area is 72.7 Å². The highest BCUT2D eigenvalue weighted by atomic mass is 16.5. The average Bonchev–Trinajstić information content (AvgIpc) is 2.08. The number of carbonyl (C=O) groups is 1. The summed E-state index contributed by atoms with van der Waals surface area (Å²) in [4.78, 5) is 11.1. The Balaban J connectivity index is 2.70. The van der Waals surface area contributed by atoms with Gasteiger partial charge < -0.3 is 9.84 Å². The van der Waals surface area contributed by atoms with E-state index < -0.39 is 6.10 Å². The lowest BCUT2D eigenvalue weighted by molar-refractivity contribution is -0.177. The first-order chi connectivity index (χ1) is 5.57. The summed E-state index contributed by atoms with van der Waals surface area (Å²) in [6.45, 7) is 5.58. The molecule has 0 unspecified atom stereocenters. The maximum atomic E-state index is 11.1. The standard InChI is InChI=1S/C9H16O3/c1-4-7-5(2)8(10)6(3)9(11)12-7/h5-8,10H,4H2,1-3H3/t5-,6+,7+,8-/m1/s1. The zero-order valence-corrected chi connectivity index (χ0v) is 7.78. The third-order valence-electron chi connectivity index (χ3n) is 2.68. The highest BCUT2D eigenvalue weighted by Gasteiger charge is 2.39. The first-order valence-electron chi connectivity index (χ1n) is 4.46. The fourth-order valence-corrected chi connectivity index (χ4v) is 1.63. The average molecular weight is 172 g/mol. The predicted molar refractivity (Wildman–Crippen MR) is 44.5 cm³/mol. The van der Waals surface area contributed by atoms with Crippen molar-refractivity contribution in [1.82, 2.24) is 0 Å². The van der Waals surface area contributed by atoms with E-state index in [-0.39, 0.29) is 23.9 Å². The Morgan fingerprint density at radius 2 is 2.08 bits per heavy atom. The van der Waals surface area contributed by atoms with E-state index >= 15 is 0 Å². The van der Waals surface area contributed by atoms with E-state index in [1.54, 1.807) is 6.92 Å². The first-order valence-corrected chi connectivity index (χ1v) is 4.46. The molecule has 3 nitrogen and oxygen atoms in total. The SMILES string of the molecule is CC[C@@H]1OC(=O)[C@@H](C)[C@H](O)[C@@H]1C. The molecule has 1 heterocycles. The molecule has 1 aliphatic heterocycles. The zero-order chi connectivity index (χ0) is 9.30. The highest BCUT2D eigenvalue weighted by molar-refractivity contribution is 5.73. The number of cyclic esters (lactones) is 1. The smallest absolute Gasteiger partial charge is 0.311 e. The number of ether oxygens (including phenoxy) is 1. The molecule has 70 valence electrons. The zero-order valence-electron chi connectivity index (χ0n) is 7.78. The molecule has 0 aromatic carbocycles. The van der Waals surface area contributed by atoms with Crippen LogP contribution >= 0.6 is 0 Å². The van der Waals surface area contributed by atoms with Gasteiger partial charge in [-0.3, -0.25) is 4.79 Å². The Bertz CT molecular complexity index is 177. The van der Waals surface area contributed by atoms with Crippen molar-refractivity contribution in [1.29, 1.82) is 0 Å². The number of esters is 1. The minimum Gasteiger partial charge on any atom is -0.462 e. The lowest BCUT2D eigenvalue weighted by Gasteiger charge is -2.35. The number of rotatable bonds is 1. The third-order valence-corrected chi connectivity index (χ3v) is 2.68. The number of aliphatic hydroxyl groups is 1. The van der Waals surface area contributed by atoms with Gasteiger partial charge in [-0.1, -0.05) is 13.8 Å². The number of hydrogen-bond acceptors (Lipinski definition) is 3. The first kappa shape index (κ1) is 9.52. The van der Waals surface area contributed by atoms with Crippen LogP contribution in [0.1, 0.15) is 27.2 Å². The van der Waals surface area contributed by atoms with Crippen molar-refractivity contribution in [3.8, 4) is 0 Å². The van der Waals surface area contributed by atoms with Crippen LogP contribution in [0.2, 0.25) is 0 Å². The van der Waals surface area contributed by atoms with Gasteiger partial charge in [0, 0.05) is 5.92 Å². The van der Waals surface area contributed by atoms with Crippen LogP contribution in [0.3, 0.4) is 0 Å². The molecule has 0 aromatic heterocycles. The summed E-state index contributed by atoms with van der Waals surface area (Å²) in [6.07, 6.45) is 0.122. The molecule has 1 saturated heterocycles. The van der Waals surface area contributed by atoms with Crippen LogP contribution in [-0.2, 0) is 9.53 Å². The molecule has 1 aliphatic rings. The monoisotopic (exact) mass is 172 g/mol. The molecule has 12 heavy (non-hydrogen) atoms. The summed E-state index contributed by atoms with van der Waals surface area (Å²) in [6, 6.07) is 0. The van der Waals surface area contributed by atoms with Gasteiger partial charge in [0.1, 0.15) is 6.10 Å². The summed E-state index contributed by atoms with van der Waals surface area (Å²) >= 11 is 0. The van der Waals surface area contributed by atoms with Crippen molar-refractivity contribution >= 4 is 5.97 Å². The summed E-state index contributed by atoms with van der Waals surface area (Å²) in [5, 5.41) is 9.62. The van der Waals surface area contributed by atoms with Crippen LogP contribution in [0.4, 0.5) is 0 Å². The van der Waals surface area contributed by atoms with E-state index in [4.69, 9.17) is 4.74 Å². The van der Waals surface area contributed by atoms with E-state index in [9.17, 15) is 9.90 Å². The minimum atomic E-state index is -0.545. The molecule has 4 atom stereocenters. The second-order valence-corrected chi connectivity index (χ2v) is 3.52. The molecule has 0 bridgehead atoms. The molecule has 0 spiro atoms. The van der Waals surface area contributed by atoms with E-state index in [0.29, 0.717) is 0 Å². The molecule has 0 aromatic rings. The molecule has 0 aliphatic carbocycles. The molecule has 3 heteroatoms. The Kier molecular flexibility index (Phi) is 2.73. The highest BCUT2D eigenvalue weighted by Crippen LogP contribution is 2.27. The largest absolute Gasteiger partial charge is 0.462 e. The van der Waals surface area contributed by atoms with Gasteiger partial charge in [-0.2, -0.15) is 0 Å². The molecular formula is C9H16O3. The van der Waals surface area contributed by atoms with Gasteiger partial charge in [0.15, 0.2) is 0 Å². The number of aliphatic hydroxyl groups excluding tert-OH is 1. The lowest BCUT2D eigenvalue weighted by atomic mass is 9.85. The quantitative estimate of drug-likeness (QED) is 0.599. The summed E-state index contributed by atoms with van der Waals surface area (Å²) in [5.41, 5.74) is 0. The molecule has 1 fully saturated rings. The summed E-state index contributed by atoms with van der Waals surface area (Å²) in [7, 11) is 0. The Morgan fingerprint density at radius 3 is 2.58 bits per heavy atom. The molecule has 0 saturated carbocycles. The Hall–Kier alpha value is -0.570. The van der Waals surface area contributed by atoms with Crippen molar-refractivity contribution < 1.29 is 14.6 Å². The summed E-state index contributed by atoms with van der Waals surface area (Å²) < 4.78 is 5.13. The number of carbonyl (C=O) groups excluding carboxylic acids is 1. The molecule has 1 N–H and O–H groups in total.